The molecule has 1 rings (SSSR count). The van der Waals surface area contributed by atoms with Crippen molar-refractivity contribution in [3.8, 4) is 12.3 Å². The van der Waals surface area contributed by atoms with Crippen molar-refractivity contribution >= 4 is 23.1 Å². The Bertz CT molecular complexity index is 343. The molecule has 3 nitrogen and oxygen atoms in total. The van der Waals surface area contributed by atoms with Crippen LogP contribution in [0.25, 0.3) is 0 Å². The molecule has 1 aromatic rings. The number of hydrogen-bond acceptors (Lipinski definition) is 3. The molecule has 0 atom stereocenters. The summed E-state index contributed by atoms with van der Waals surface area (Å²) in [7, 11) is 1.81. The zero-order valence-corrected chi connectivity index (χ0v) is 8.04. The molecular formula is C9H10ClN3. The van der Waals surface area contributed by atoms with Gasteiger partial charge in [0.2, 0.25) is 0 Å². The molecule has 0 saturated heterocycles. The Hall–Kier alpha value is -1.40. The van der Waals surface area contributed by atoms with E-state index in [0.717, 1.165) is 0 Å². The topological polar surface area (TPSA) is 42.2 Å². The summed E-state index contributed by atoms with van der Waals surface area (Å²) >= 11 is 5.72. The maximum Gasteiger partial charge on any atom is 0.154 e. The lowest BCUT2D eigenvalue weighted by Crippen LogP contribution is -2.19. The van der Waals surface area contributed by atoms with Crippen LogP contribution in [0.2, 0.25) is 5.15 Å². The number of nitrogens with two attached hydrogens (primary N) is 1. The minimum Gasteiger partial charge on any atom is -0.396 e. The summed E-state index contributed by atoms with van der Waals surface area (Å²) in [6.07, 6.45) is 5.16. The molecule has 1 heterocycles. The average Bonchev–Trinajstić information content (AvgIpc) is 2.09. The van der Waals surface area contributed by atoms with Gasteiger partial charge < -0.3 is 10.6 Å². The lowest BCUT2D eigenvalue weighted by atomic mass is 10.3. The molecule has 0 aliphatic carbocycles. The van der Waals surface area contributed by atoms with Crippen molar-refractivity contribution in [3.05, 3.63) is 17.3 Å². The second-order valence-electron chi connectivity index (χ2n) is 2.61. The molecule has 0 saturated carbocycles. The summed E-state index contributed by atoms with van der Waals surface area (Å²) in [5.74, 6) is 3.12. The highest BCUT2D eigenvalue weighted by Gasteiger charge is 2.05. The maximum absolute atomic E-state index is 5.72. The van der Waals surface area contributed by atoms with E-state index < -0.39 is 0 Å². The van der Waals surface area contributed by atoms with E-state index in [1.807, 2.05) is 7.05 Å². The second-order valence-corrected chi connectivity index (χ2v) is 2.99. The van der Waals surface area contributed by atoms with E-state index in [9.17, 15) is 0 Å². The van der Waals surface area contributed by atoms with E-state index in [0.29, 0.717) is 23.2 Å². The number of nitrogens with zero attached hydrogens (tertiary/aromatic N) is 2. The van der Waals surface area contributed by atoms with Crippen molar-refractivity contribution in [2.75, 3.05) is 24.2 Å². The number of nitrogen functional groups attached to an aromatic ring is 1. The minimum absolute atomic E-state index is 0.410. The summed E-state index contributed by atoms with van der Waals surface area (Å²) in [5.41, 5.74) is 6.26. The fourth-order valence-corrected chi connectivity index (χ4v) is 1.10. The largest absolute Gasteiger partial charge is 0.396 e. The molecule has 4 heteroatoms. The monoisotopic (exact) mass is 195 g/mol. The van der Waals surface area contributed by atoms with E-state index in [1.165, 1.54) is 0 Å². The van der Waals surface area contributed by atoms with Gasteiger partial charge in [-0.3, -0.25) is 0 Å². The number of terminal acetylenes is 1. The van der Waals surface area contributed by atoms with E-state index in [1.54, 1.807) is 17.0 Å². The zero-order chi connectivity index (χ0) is 9.84. The van der Waals surface area contributed by atoms with Gasteiger partial charge in [-0.15, -0.1) is 6.42 Å². The van der Waals surface area contributed by atoms with Crippen LogP contribution in [0.3, 0.4) is 0 Å². The first-order chi connectivity index (χ1) is 6.15. The standard InChI is InChI=1S/C9H10ClN3/c1-3-6-13(2)9-7(11)4-5-8(10)12-9/h1,4-5H,6,11H2,2H3. The van der Waals surface area contributed by atoms with Crippen LogP contribution in [0, 0.1) is 12.3 Å². The summed E-state index contributed by atoms with van der Waals surface area (Å²) in [6.45, 7) is 0.456. The number of rotatable bonds is 2. The third kappa shape index (κ3) is 2.27. The maximum atomic E-state index is 5.72. The lowest BCUT2D eigenvalue weighted by Gasteiger charge is -2.16. The quantitative estimate of drug-likeness (QED) is 0.573. The Kier molecular flexibility index (Phi) is 2.99. The van der Waals surface area contributed by atoms with Gasteiger partial charge in [0, 0.05) is 7.05 Å². The molecule has 1 aromatic heterocycles. The first kappa shape index (κ1) is 9.69. The Labute approximate surface area is 82.5 Å². The van der Waals surface area contributed by atoms with Crippen LogP contribution in [0.5, 0.6) is 0 Å². The third-order valence-corrected chi connectivity index (χ3v) is 1.77. The van der Waals surface area contributed by atoms with Gasteiger partial charge >= 0.3 is 0 Å². The van der Waals surface area contributed by atoms with Crippen molar-refractivity contribution in [1.29, 1.82) is 0 Å². The predicted octanol–water partition coefficient (Wildman–Crippen LogP) is 1.39. The Balaban J connectivity index is 3.00. The van der Waals surface area contributed by atoms with Gasteiger partial charge in [-0.1, -0.05) is 17.5 Å². The first-order valence-corrected chi connectivity index (χ1v) is 4.09. The van der Waals surface area contributed by atoms with Crippen LogP contribution in [0.1, 0.15) is 0 Å². The summed E-state index contributed by atoms with van der Waals surface area (Å²) in [4.78, 5) is 5.83. The van der Waals surface area contributed by atoms with Crippen LogP contribution in [-0.2, 0) is 0 Å². The van der Waals surface area contributed by atoms with Gasteiger partial charge in [-0.05, 0) is 12.1 Å². The lowest BCUT2D eigenvalue weighted by molar-refractivity contribution is 1.01. The molecule has 0 bridgehead atoms. The molecule has 0 aromatic carbocycles. The molecule has 0 spiro atoms. The van der Waals surface area contributed by atoms with Gasteiger partial charge in [0.25, 0.3) is 0 Å². The molecule has 0 radical (unpaired) electrons. The fraction of sp³-hybridized carbons (Fsp3) is 0.222. The molecule has 0 fully saturated rings. The predicted molar refractivity (Wildman–Crippen MR) is 55.8 cm³/mol. The summed E-state index contributed by atoms with van der Waals surface area (Å²) in [5, 5.41) is 0.410. The number of hydrogen-bond donors (Lipinski definition) is 1. The van der Waals surface area contributed by atoms with Crippen molar-refractivity contribution in [2.45, 2.75) is 0 Å². The van der Waals surface area contributed by atoms with Gasteiger partial charge in [-0.25, -0.2) is 4.98 Å². The van der Waals surface area contributed by atoms with Crippen LogP contribution >= 0.6 is 11.6 Å². The van der Waals surface area contributed by atoms with Crippen molar-refractivity contribution < 1.29 is 0 Å². The Morgan fingerprint density at radius 1 is 1.69 bits per heavy atom. The molecule has 0 aliphatic rings. The van der Waals surface area contributed by atoms with Gasteiger partial charge in [-0.2, -0.15) is 0 Å². The van der Waals surface area contributed by atoms with Gasteiger partial charge in [0.05, 0.1) is 12.2 Å². The average molecular weight is 196 g/mol. The SMILES string of the molecule is C#CCN(C)c1nc(Cl)ccc1N. The van der Waals surface area contributed by atoms with E-state index in [2.05, 4.69) is 10.9 Å². The van der Waals surface area contributed by atoms with Crippen LogP contribution < -0.4 is 10.6 Å². The van der Waals surface area contributed by atoms with Gasteiger partial charge in [0.1, 0.15) is 5.15 Å². The highest BCUT2D eigenvalue weighted by Crippen LogP contribution is 2.21. The highest BCUT2D eigenvalue weighted by molar-refractivity contribution is 6.29. The fourth-order valence-electron chi connectivity index (χ4n) is 0.954. The molecule has 68 valence electrons. The van der Waals surface area contributed by atoms with Crippen molar-refractivity contribution in [3.63, 3.8) is 0 Å². The highest BCUT2D eigenvalue weighted by atomic mass is 35.5. The Morgan fingerprint density at radius 3 is 3.00 bits per heavy atom. The molecule has 2 N–H and O–H groups in total. The van der Waals surface area contributed by atoms with E-state index in [-0.39, 0.29) is 0 Å². The van der Waals surface area contributed by atoms with Crippen molar-refractivity contribution in [1.82, 2.24) is 4.98 Å². The van der Waals surface area contributed by atoms with Gasteiger partial charge in [0.15, 0.2) is 5.82 Å². The molecule has 0 amide bonds. The van der Waals surface area contributed by atoms with Crippen LogP contribution in [-0.4, -0.2) is 18.6 Å². The smallest absolute Gasteiger partial charge is 0.154 e. The molecule has 0 unspecified atom stereocenters. The Morgan fingerprint density at radius 2 is 2.38 bits per heavy atom. The molecular weight excluding hydrogens is 186 g/mol. The van der Waals surface area contributed by atoms with Crippen molar-refractivity contribution in [2.24, 2.45) is 0 Å². The van der Waals surface area contributed by atoms with E-state index in [4.69, 9.17) is 23.8 Å². The first-order valence-electron chi connectivity index (χ1n) is 3.71. The van der Waals surface area contributed by atoms with Crippen LogP contribution in [0.4, 0.5) is 11.5 Å². The zero-order valence-electron chi connectivity index (χ0n) is 7.29. The van der Waals surface area contributed by atoms with Crippen LogP contribution in [0.15, 0.2) is 12.1 Å². The number of halogens is 1. The summed E-state index contributed by atoms with van der Waals surface area (Å²) < 4.78 is 0. The normalized spacial score (nSPS) is 9.31. The summed E-state index contributed by atoms with van der Waals surface area (Å²) in [6, 6.07) is 3.35. The second kappa shape index (κ2) is 4.01. The van der Waals surface area contributed by atoms with E-state index >= 15 is 0 Å². The molecule has 13 heavy (non-hydrogen) atoms. The minimum atomic E-state index is 0.410. The molecule has 0 aliphatic heterocycles. The number of anilines is 2. The number of aromatic nitrogens is 1. The number of pyridine rings is 1. The third-order valence-electron chi connectivity index (χ3n) is 1.56.